The van der Waals surface area contributed by atoms with E-state index in [1.807, 2.05) is 0 Å². The smallest absolute Gasteiger partial charge is 0.0591 e. The zero-order valence-electron chi connectivity index (χ0n) is 9.94. The van der Waals surface area contributed by atoms with Crippen LogP contribution in [0.2, 0.25) is 0 Å². The third-order valence-electron chi connectivity index (χ3n) is 1.95. The van der Waals surface area contributed by atoms with Gasteiger partial charge in [0.1, 0.15) is 0 Å². The molecule has 0 atom stereocenters. The molecule has 0 bridgehead atoms. The molecule has 0 unspecified atom stereocenters. The van der Waals surface area contributed by atoms with E-state index in [2.05, 4.69) is 32.2 Å². The number of unbranched alkanes of at least 4 members (excludes halogenated alkanes) is 1. The Kier molecular flexibility index (Phi) is 10.5. The van der Waals surface area contributed by atoms with E-state index in [-0.39, 0.29) is 0 Å². The molecule has 0 aromatic carbocycles. The zero-order valence-corrected chi connectivity index (χ0v) is 9.94. The van der Waals surface area contributed by atoms with Gasteiger partial charge in [0.2, 0.25) is 0 Å². The number of ether oxygens (including phenoxy) is 1. The Bertz CT molecular complexity index is 139. The monoisotopic (exact) mass is 199 g/mol. The second-order valence-electron chi connectivity index (χ2n) is 3.79. The molecule has 0 aliphatic heterocycles. The minimum atomic E-state index is 0.834. The van der Waals surface area contributed by atoms with Crippen LogP contribution >= 0.6 is 0 Å². The summed E-state index contributed by atoms with van der Waals surface area (Å²) in [5, 5.41) is 3.35. The number of hydrogen-bond donors (Lipinski definition) is 1. The molecule has 0 heterocycles. The summed E-state index contributed by atoms with van der Waals surface area (Å²) in [6.45, 7) is 10.2. The Hall–Kier alpha value is -0.340. The van der Waals surface area contributed by atoms with Crippen LogP contribution in [0.1, 0.15) is 40.0 Å². The van der Waals surface area contributed by atoms with Crippen molar-refractivity contribution in [3.63, 3.8) is 0 Å². The third-order valence-corrected chi connectivity index (χ3v) is 1.95. The van der Waals surface area contributed by atoms with Gasteiger partial charge in [0, 0.05) is 6.54 Å². The Morgan fingerprint density at radius 3 is 2.64 bits per heavy atom. The quantitative estimate of drug-likeness (QED) is 0.455. The fraction of sp³-hybridized carbons (Fsp3) is 0.833. The summed E-state index contributed by atoms with van der Waals surface area (Å²) in [5.41, 5.74) is 1.37. The van der Waals surface area contributed by atoms with E-state index >= 15 is 0 Å². The van der Waals surface area contributed by atoms with Gasteiger partial charge in [-0.05, 0) is 33.2 Å². The maximum atomic E-state index is 5.46. The molecule has 84 valence electrons. The molecule has 0 amide bonds. The highest BCUT2D eigenvalue weighted by molar-refractivity contribution is 4.92. The molecule has 0 radical (unpaired) electrons. The first kappa shape index (κ1) is 13.7. The summed E-state index contributed by atoms with van der Waals surface area (Å²) in [7, 11) is 0. The molecule has 14 heavy (non-hydrogen) atoms. The van der Waals surface area contributed by atoms with Crippen molar-refractivity contribution in [2.24, 2.45) is 0 Å². The van der Waals surface area contributed by atoms with Gasteiger partial charge in [-0.1, -0.05) is 25.0 Å². The fourth-order valence-electron chi connectivity index (χ4n) is 1.10. The van der Waals surface area contributed by atoms with E-state index in [9.17, 15) is 0 Å². The molecule has 0 saturated carbocycles. The van der Waals surface area contributed by atoms with E-state index in [1.54, 1.807) is 0 Å². The summed E-state index contributed by atoms with van der Waals surface area (Å²) < 4.78 is 5.46. The van der Waals surface area contributed by atoms with Gasteiger partial charge >= 0.3 is 0 Å². The minimum Gasteiger partial charge on any atom is -0.380 e. The third kappa shape index (κ3) is 11.7. The first-order valence-electron chi connectivity index (χ1n) is 5.69. The lowest BCUT2D eigenvalue weighted by atomic mass is 10.3. The standard InChI is InChI=1S/C12H25NO/c1-4-5-8-13-9-11-14-10-6-7-12(2)3/h7,13H,4-6,8-11H2,1-3H3. The van der Waals surface area contributed by atoms with Crippen LogP contribution in [0.4, 0.5) is 0 Å². The van der Waals surface area contributed by atoms with Gasteiger partial charge in [-0.3, -0.25) is 0 Å². The average molecular weight is 199 g/mol. The molecule has 0 aliphatic rings. The molecule has 0 saturated heterocycles. The maximum Gasteiger partial charge on any atom is 0.0591 e. The lowest BCUT2D eigenvalue weighted by Gasteiger charge is -2.04. The second kappa shape index (κ2) is 10.7. The second-order valence-corrected chi connectivity index (χ2v) is 3.79. The van der Waals surface area contributed by atoms with Crippen LogP contribution in [0.15, 0.2) is 11.6 Å². The summed E-state index contributed by atoms with van der Waals surface area (Å²) >= 11 is 0. The summed E-state index contributed by atoms with van der Waals surface area (Å²) in [6.07, 6.45) is 5.77. The van der Waals surface area contributed by atoms with E-state index in [0.29, 0.717) is 0 Å². The van der Waals surface area contributed by atoms with Crippen molar-refractivity contribution in [3.8, 4) is 0 Å². The van der Waals surface area contributed by atoms with Crippen LogP contribution in [-0.4, -0.2) is 26.3 Å². The van der Waals surface area contributed by atoms with Crippen LogP contribution in [-0.2, 0) is 4.74 Å². The van der Waals surface area contributed by atoms with Crippen LogP contribution in [0.5, 0.6) is 0 Å². The Balaban J connectivity index is 2.96. The Labute approximate surface area is 88.7 Å². The lowest BCUT2D eigenvalue weighted by molar-refractivity contribution is 0.140. The Morgan fingerprint density at radius 2 is 2.00 bits per heavy atom. The molecule has 0 rings (SSSR count). The van der Waals surface area contributed by atoms with Crippen molar-refractivity contribution in [2.75, 3.05) is 26.3 Å². The summed E-state index contributed by atoms with van der Waals surface area (Å²) in [6, 6.07) is 0. The molecule has 0 aromatic rings. The lowest BCUT2D eigenvalue weighted by Crippen LogP contribution is -2.20. The van der Waals surface area contributed by atoms with Crippen LogP contribution in [0.3, 0.4) is 0 Å². The number of allylic oxidation sites excluding steroid dienone is 1. The predicted molar refractivity (Wildman–Crippen MR) is 62.6 cm³/mol. The predicted octanol–water partition coefficient (Wildman–Crippen LogP) is 2.75. The van der Waals surface area contributed by atoms with E-state index in [1.165, 1.54) is 18.4 Å². The van der Waals surface area contributed by atoms with Gasteiger partial charge in [0.25, 0.3) is 0 Å². The van der Waals surface area contributed by atoms with E-state index in [0.717, 1.165) is 32.7 Å². The molecule has 0 aromatic heterocycles. The van der Waals surface area contributed by atoms with Crippen LogP contribution < -0.4 is 5.32 Å². The molecule has 0 spiro atoms. The largest absolute Gasteiger partial charge is 0.380 e. The number of rotatable bonds is 9. The summed E-state index contributed by atoms with van der Waals surface area (Å²) in [4.78, 5) is 0. The van der Waals surface area contributed by atoms with Crippen molar-refractivity contribution in [3.05, 3.63) is 11.6 Å². The first-order valence-corrected chi connectivity index (χ1v) is 5.69. The zero-order chi connectivity index (χ0) is 10.6. The topological polar surface area (TPSA) is 21.3 Å². The highest BCUT2D eigenvalue weighted by atomic mass is 16.5. The molecule has 2 heteroatoms. The average Bonchev–Trinajstić information content (AvgIpc) is 2.15. The fourth-order valence-corrected chi connectivity index (χ4v) is 1.10. The van der Waals surface area contributed by atoms with Gasteiger partial charge in [-0.2, -0.15) is 0 Å². The van der Waals surface area contributed by atoms with E-state index < -0.39 is 0 Å². The molecule has 2 nitrogen and oxygen atoms in total. The molecule has 0 fully saturated rings. The number of hydrogen-bond acceptors (Lipinski definition) is 2. The van der Waals surface area contributed by atoms with Crippen LogP contribution in [0.25, 0.3) is 0 Å². The molecule has 1 N–H and O–H groups in total. The van der Waals surface area contributed by atoms with Gasteiger partial charge in [0.15, 0.2) is 0 Å². The molecular formula is C12H25NO. The van der Waals surface area contributed by atoms with Crippen molar-refractivity contribution in [1.82, 2.24) is 5.32 Å². The van der Waals surface area contributed by atoms with Crippen molar-refractivity contribution in [1.29, 1.82) is 0 Å². The highest BCUT2D eigenvalue weighted by Crippen LogP contribution is 1.92. The summed E-state index contributed by atoms with van der Waals surface area (Å²) in [5.74, 6) is 0. The minimum absolute atomic E-state index is 0.834. The molecular weight excluding hydrogens is 174 g/mol. The normalized spacial score (nSPS) is 10.2. The highest BCUT2D eigenvalue weighted by Gasteiger charge is 1.88. The maximum absolute atomic E-state index is 5.46. The van der Waals surface area contributed by atoms with Gasteiger partial charge < -0.3 is 10.1 Å². The van der Waals surface area contributed by atoms with Crippen molar-refractivity contribution in [2.45, 2.75) is 40.0 Å². The number of nitrogens with one attached hydrogen (secondary N) is 1. The van der Waals surface area contributed by atoms with Crippen molar-refractivity contribution >= 4 is 0 Å². The van der Waals surface area contributed by atoms with E-state index in [4.69, 9.17) is 4.74 Å². The van der Waals surface area contributed by atoms with Gasteiger partial charge in [0.05, 0.1) is 13.2 Å². The van der Waals surface area contributed by atoms with Crippen molar-refractivity contribution < 1.29 is 4.74 Å². The van der Waals surface area contributed by atoms with Gasteiger partial charge in [-0.25, -0.2) is 0 Å². The first-order chi connectivity index (χ1) is 6.77. The SMILES string of the molecule is CCCCNCCOCCC=C(C)C. The molecule has 0 aliphatic carbocycles. The van der Waals surface area contributed by atoms with Gasteiger partial charge in [-0.15, -0.1) is 0 Å². The van der Waals surface area contributed by atoms with Crippen LogP contribution in [0, 0.1) is 0 Å². The Morgan fingerprint density at radius 1 is 1.21 bits per heavy atom.